The molecular weight excluding hydrogens is 280 g/mol. The lowest BCUT2D eigenvalue weighted by molar-refractivity contribution is 0.117. The Kier molecular flexibility index (Phi) is 7.42. The van der Waals surface area contributed by atoms with Crippen molar-refractivity contribution in [1.82, 2.24) is 0 Å². The number of aliphatic hydroxyl groups excluding tert-OH is 1. The minimum atomic E-state index is -0.638. The number of ether oxygens (including phenoxy) is 1. The normalized spacial score (nSPS) is 13.5. The zero-order valence-electron chi connectivity index (χ0n) is 14.0. The fourth-order valence-electron chi connectivity index (χ4n) is 2.15. The fourth-order valence-corrected chi connectivity index (χ4v) is 2.67. The maximum absolute atomic E-state index is 9.08. The first-order valence-corrected chi connectivity index (χ1v) is 10.0. The summed E-state index contributed by atoms with van der Waals surface area (Å²) < 4.78 is 11.9. The highest BCUT2D eigenvalue weighted by Crippen LogP contribution is 2.26. The van der Waals surface area contributed by atoms with E-state index in [9.17, 15) is 0 Å². The molecule has 0 aliphatic heterocycles. The predicted octanol–water partition coefficient (Wildman–Crippen LogP) is 4.02. The summed E-state index contributed by atoms with van der Waals surface area (Å²) in [5.41, 5.74) is 1.13. The molecule has 0 fully saturated rings. The van der Waals surface area contributed by atoms with E-state index >= 15 is 0 Å². The third-order valence-corrected chi connectivity index (χ3v) is 3.86. The quantitative estimate of drug-likeness (QED) is 0.737. The molecule has 0 aliphatic rings. The Morgan fingerprint density at radius 1 is 1.14 bits per heavy atom. The molecule has 1 radical (unpaired) electrons. The van der Waals surface area contributed by atoms with Gasteiger partial charge in [0.1, 0.15) is 11.9 Å². The smallest absolute Gasteiger partial charge is 0.204 e. The van der Waals surface area contributed by atoms with Crippen LogP contribution in [0.5, 0.6) is 5.75 Å². The van der Waals surface area contributed by atoms with Gasteiger partial charge in [-0.05, 0) is 42.6 Å². The third kappa shape index (κ3) is 8.24. The van der Waals surface area contributed by atoms with E-state index < -0.39 is 9.04 Å². The molecule has 0 aliphatic carbocycles. The second-order valence-corrected chi connectivity index (χ2v) is 8.96. The van der Waals surface area contributed by atoms with Gasteiger partial charge in [0.05, 0.1) is 6.61 Å². The summed E-state index contributed by atoms with van der Waals surface area (Å²) in [6.45, 7) is 11.8. The zero-order chi connectivity index (χ0) is 15.9. The van der Waals surface area contributed by atoms with Crippen LogP contribution in [0.1, 0.15) is 39.2 Å². The maximum atomic E-state index is 9.08. The first-order valence-electron chi connectivity index (χ1n) is 7.59. The first kappa shape index (κ1) is 18.2. The summed E-state index contributed by atoms with van der Waals surface area (Å²) in [5.74, 6) is 0.861. The number of rotatable bonds is 8. The average molecular weight is 310 g/mol. The van der Waals surface area contributed by atoms with Gasteiger partial charge in [0.2, 0.25) is 9.04 Å². The van der Waals surface area contributed by atoms with Crippen LogP contribution < -0.4 is 4.74 Å². The zero-order valence-corrected chi connectivity index (χ0v) is 15.0. The number of hydrogen-bond acceptors (Lipinski definition) is 3. The molecule has 0 heterocycles. The van der Waals surface area contributed by atoms with Crippen molar-refractivity contribution in [2.45, 2.75) is 59.4 Å². The van der Waals surface area contributed by atoms with Crippen LogP contribution in [0.4, 0.5) is 0 Å². The van der Waals surface area contributed by atoms with Crippen LogP contribution in [0.2, 0.25) is 13.1 Å². The van der Waals surface area contributed by atoms with Crippen LogP contribution >= 0.6 is 0 Å². The molecule has 21 heavy (non-hydrogen) atoms. The first-order chi connectivity index (χ1) is 9.80. The van der Waals surface area contributed by atoms with Crippen LogP contribution in [0.25, 0.3) is 0 Å². The van der Waals surface area contributed by atoms with Crippen LogP contribution in [0.3, 0.4) is 0 Å². The van der Waals surface area contributed by atoms with E-state index in [2.05, 4.69) is 33.9 Å². The van der Waals surface area contributed by atoms with Gasteiger partial charge in [-0.1, -0.05) is 32.9 Å². The molecule has 1 rings (SSSR count). The Morgan fingerprint density at radius 3 is 2.24 bits per heavy atom. The minimum Gasteiger partial charge on any atom is -0.490 e. The molecular formula is C17H29O3Si. The van der Waals surface area contributed by atoms with Gasteiger partial charge in [0.25, 0.3) is 0 Å². The number of aliphatic hydroxyl groups is 1. The molecule has 1 unspecified atom stereocenters. The maximum Gasteiger partial charge on any atom is 0.204 e. The van der Waals surface area contributed by atoms with Crippen molar-refractivity contribution in [2.75, 3.05) is 6.61 Å². The third-order valence-electron chi connectivity index (χ3n) is 3.08. The van der Waals surface area contributed by atoms with Crippen molar-refractivity contribution >= 4 is 9.04 Å². The van der Waals surface area contributed by atoms with Gasteiger partial charge in [-0.25, -0.2) is 0 Å². The monoisotopic (exact) mass is 309 g/mol. The molecule has 0 amide bonds. The van der Waals surface area contributed by atoms with Gasteiger partial charge in [-0.15, -0.1) is 0 Å². The summed E-state index contributed by atoms with van der Waals surface area (Å²) in [5, 5.41) is 9.08. The van der Waals surface area contributed by atoms with Gasteiger partial charge in [-0.3, -0.25) is 0 Å². The SMILES string of the molecule is C[Si](C)OCCC(CC(C)(C)C)Oc1ccc(CO)cc1. The highest BCUT2D eigenvalue weighted by molar-refractivity contribution is 6.48. The van der Waals surface area contributed by atoms with Gasteiger partial charge in [0, 0.05) is 13.0 Å². The summed E-state index contributed by atoms with van der Waals surface area (Å²) in [6, 6.07) is 7.66. The number of benzene rings is 1. The molecule has 1 aromatic carbocycles. The van der Waals surface area contributed by atoms with Crippen molar-refractivity contribution in [3.8, 4) is 5.75 Å². The predicted molar refractivity (Wildman–Crippen MR) is 88.9 cm³/mol. The second kappa shape index (κ2) is 8.56. The second-order valence-electron chi connectivity index (χ2n) is 6.85. The standard InChI is InChI=1S/C17H29O3Si/c1-17(2,3)12-16(10-11-19-21(4)5)20-15-8-6-14(13-18)7-9-15/h6-9,16,18H,10-13H2,1-5H3. The summed E-state index contributed by atoms with van der Waals surface area (Å²) in [7, 11) is -0.638. The fraction of sp³-hybridized carbons (Fsp3) is 0.647. The molecule has 3 nitrogen and oxygen atoms in total. The lowest BCUT2D eigenvalue weighted by Crippen LogP contribution is -2.26. The van der Waals surface area contributed by atoms with Crippen molar-refractivity contribution in [2.24, 2.45) is 5.41 Å². The molecule has 0 spiro atoms. The molecule has 119 valence electrons. The lowest BCUT2D eigenvalue weighted by Gasteiger charge is -2.27. The Morgan fingerprint density at radius 2 is 1.76 bits per heavy atom. The van der Waals surface area contributed by atoms with Crippen LogP contribution in [0, 0.1) is 5.41 Å². The summed E-state index contributed by atoms with van der Waals surface area (Å²) in [6.07, 6.45) is 2.06. The molecule has 0 saturated heterocycles. The van der Waals surface area contributed by atoms with Crippen molar-refractivity contribution in [3.05, 3.63) is 29.8 Å². The Balaban J connectivity index is 2.61. The molecule has 0 saturated carbocycles. The van der Waals surface area contributed by atoms with Crippen molar-refractivity contribution < 1.29 is 14.3 Å². The Hall–Kier alpha value is -0.843. The molecule has 1 atom stereocenters. The van der Waals surface area contributed by atoms with E-state index in [-0.39, 0.29) is 18.1 Å². The van der Waals surface area contributed by atoms with E-state index in [1.165, 1.54) is 0 Å². The van der Waals surface area contributed by atoms with E-state index in [0.717, 1.165) is 30.8 Å². The highest BCUT2D eigenvalue weighted by atomic mass is 28.3. The largest absolute Gasteiger partial charge is 0.490 e. The molecule has 0 aromatic heterocycles. The van der Waals surface area contributed by atoms with E-state index in [1.54, 1.807) is 0 Å². The highest BCUT2D eigenvalue weighted by Gasteiger charge is 2.20. The van der Waals surface area contributed by atoms with E-state index in [1.807, 2.05) is 24.3 Å². The minimum absolute atomic E-state index is 0.0668. The van der Waals surface area contributed by atoms with Crippen LogP contribution in [0.15, 0.2) is 24.3 Å². The summed E-state index contributed by atoms with van der Waals surface area (Å²) in [4.78, 5) is 0. The van der Waals surface area contributed by atoms with Gasteiger partial charge < -0.3 is 14.3 Å². The van der Waals surface area contributed by atoms with Crippen LogP contribution in [-0.2, 0) is 11.0 Å². The summed E-state index contributed by atoms with van der Waals surface area (Å²) >= 11 is 0. The van der Waals surface area contributed by atoms with E-state index in [4.69, 9.17) is 14.3 Å². The molecule has 0 bridgehead atoms. The topological polar surface area (TPSA) is 38.7 Å². The van der Waals surface area contributed by atoms with Crippen molar-refractivity contribution in [1.29, 1.82) is 0 Å². The lowest BCUT2D eigenvalue weighted by atomic mass is 9.88. The molecule has 1 aromatic rings. The average Bonchev–Trinajstić information content (AvgIpc) is 2.37. The van der Waals surface area contributed by atoms with Gasteiger partial charge in [0.15, 0.2) is 0 Å². The molecule has 4 heteroatoms. The van der Waals surface area contributed by atoms with Crippen LogP contribution in [-0.4, -0.2) is 26.9 Å². The Labute approximate surface area is 131 Å². The van der Waals surface area contributed by atoms with Crippen molar-refractivity contribution in [3.63, 3.8) is 0 Å². The number of hydrogen-bond donors (Lipinski definition) is 1. The Bertz CT molecular complexity index is 395. The van der Waals surface area contributed by atoms with Gasteiger partial charge in [-0.2, -0.15) is 0 Å². The van der Waals surface area contributed by atoms with Gasteiger partial charge >= 0.3 is 0 Å². The van der Waals surface area contributed by atoms with E-state index in [0.29, 0.717) is 0 Å². The molecule has 1 N–H and O–H groups in total.